The molecule has 2 aliphatic rings. The van der Waals surface area contributed by atoms with Crippen LogP contribution >= 0.6 is 0 Å². The molecule has 1 heterocycles. The highest BCUT2D eigenvalue weighted by molar-refractivity contribution is 4.74. The minimum Gasteiger partial charge on any atom is -0.316 e. The molecule has 2 fully saturated rings. The van der Waals surface area contributed by atoms with Gasteiger partial charge in [-0.1, -0.05) is 32.1 Å². The number of nitrogens with one attached hydrogen (secondary N) is 1. The molecule has 0 bridgehead atoms. The highest BCUT2D eigenvalue weighted by Gasteiger charge is 2.18. The van der Waals surface area contributed by atoms with E-state index in [0.717, 1.165) is 11.8 Å². The molecule has 2 nitrogen and oxygen atoms in total. The highest BCUT2D eigenvalue weighted by atomic mass is 15.1. The summed E-state index contributed by atoms with van der Waals surface area (Å²) in [7, 11) is 2.31. The molecule has 1 saturated heterocycles. The SMILES string of the molecule is CN(CCC1CCCCC1)CC1CCNC1. The fourth-order valence-corrected chi connectivity index (χ4v) is 3.28. The summed E-state index contributed by atoms with van der Waals surface area (Å²) in [6.07, 6.45) is 10.3. The zero-order chi connectivity index (χ0) is 11.2. The maximum Gasteiger partial charge on any atom is 0.00192 e. The zero-order valence-electron chi connectivity index (χ0n) is 10.9. The molecule has 1 aliphatic heterocycles. The van der Waals surface area contributed by atoms with Gasteiger partial charge >= 0.3 is 0 Å². The predicted octanol–water partition coefficient (Wildman–Crippen LogP) is 2.50. The Labute approximate surface area is 101 Å². The van der Waals surface area contributed by atoms with Crippen LogP contribution in [0.5, 0.6) is 0 Å². The van der Waals surface area contributed by atoms with E-state index in [1.165, 1.54) is 71.1 Å². The van der Waals surface area contributed by atoms with Gasteiger partial charge in [0.25, 0.3) is 0 Å². The Morgan fingerprint density at radius 3 is 2.56 bits per heavy atom. The molecule has 0 aromatic heterocycles. The van der Waals surface area contributed by atoms with Crippen molar-refractivity contribution < 1.29 is 0 Å². The lowest BCUT2D eigenvalue weighted by Crippen LogP contribution is -2.29. The average Bonchev–Trinajstić information content (AvgIpc) is 2.81. The molecule has 1 atom stereocenters. The largest absolute Gasteiger partial charge is 0.316 e. The van der Waals surface area contributed by atoms with Gasteiger partial charge < -0.3 is 10.2 Å². The molecule has 0 amide bonds. The summed E-state index contributed by atoms with van der Waals surface area (Å²) in [6, 6.07) is 0. The number of hydrogen-bond donors (Lipinski definition) is 1. The van der Waals surface area contributed by atoms with Crippen LogP contribution in [0.2, 0.25) is 0 Å². The quantitative estimate of drug-likeness (QED) is 0.772. The summed E-state index contributed by atoms with van der Waals surface area (Å²) >= 11 is 0. The van der Waals surface area contributed by atoms with Gasteiger partial charge in [0.15, 0.2) is 0 Å². The van der Waals surface area contributed by atoms with E-state index in [1.54, 1.807) is 0 Å². The summed E-state index contributed by atoms with van der Waals surface area (Å²) in [5, 5.41) is 3.46. The Balaban J connectivity index is 1.57. The maximum atomic E-state index is 3.46. The molecule has 0 spiro atoms. The summed E-state index contributed by atoms with van der Waals surface area (Å²) in [4.78, 5) is 2.56. The van der Waals surface area contributed by atoms with Crippen molar-refractivity contribution in [3.63, 3.8) is 0 Å². The Kier molecular flexibility index (Phi) is 5.11. The standard InChI is InChI=1S/C14H28N2/c1-16(12-14-7-9-15-11-14)10-8-13-5-3-2-4-6-13/h13-15H,2-12H2,1H3. The third-order valence-electron chi connectivity index (χ3n) is 4.38. The molecule has 16 heavy (non-hydrogen) atoms. The second-order valence-electron chi connectivity index (χ2n) is 5.91. The molecule has 2 heteroatoms. The van der Waals surface area contributed by atoms with Gasteiger partial charge in [0, 0.05) is 6.54 Å². The molecule has 0 aromatic carbocycles. The average molecular weight is 224 g/mol. The minimum absolute atomic E-state index is 0.913. The summed E-state index contributed by atoms with van der Waals surface area (Å²) in [5.41, 5.74) is 0. The molecular formula is C14H28N2. The van der Waals surface area contributed by atoms with E-state index in [-0.39, 0.29) is 0 Å². The van der Waals surface area contributed by atoms with Gasteiger partial charge in [0.05, 0.1) is 0 Å². The van der Waals surface area contributed by atoms with E-state index in [1.807, 2.05) is 0 Å². The Morgan fingerprint density at radius 2 is 1.88 bits per heavy atom. The Bertz CT molecular complexity index is 181. The monoisotopic (exact) mass is 224 g/mol. The first-order valence-electron chi connectivity index (χ1n) is 7.24. The molecule has 0 radical (unpaired) electrons. The first-order chi connectivity index (χ1) is 7.84. The van der Waals surface area contributed by atoms with Crippen molar-refractivity contribution in [2.45, 2.75) is 44.9 Å². The van der Waals surface area contributed by atoms with E-state index in [9.17, 15) is 0 Å². The lowest BCUT2D eigenvalue weighted by atomic mass is 9.87. The molecule has 0 aromatic rings. The molecule has 1 saturated carbocycles. The molecule has 1 unspecified atom stereocenters. The first-order valence-corrected chi connectivity index (χ1v) is 7.24. The fourth-order valence-electron chi connectivity index (χ4n) is 3.28. The molecule has 1 aliphatic carbocycles. The number of rotatable bonds is 5. The fraction of sp³-hybridized carbons (Fsp3) is 1.00. The van der Waals surface area contributed by atoms with Gasteiger partial charge in [-0.05, 0) is 51.4 Å². The maximum absolute atomic E-state index is 3.46. The topological polar surface area (TPSA) is 15.3 Å². The lowest BCUT2D eigenvalue weighted by Gasteiger charge is -2.25. The Hall–Kier alpha value is -0.0800. The van der Waals surface area contributed by atoms with Gasteiger partial charge in [-0.15, -0.1) is 0 Å². The summed E-state index contributed by atoms with van der Waals surface area (Å²) < 4.78 is 0. The van der Waals surface area contributed by atoms with Crippen LogP contribution in [0.4, 0.5) is 0 Å². The normalized spacial score (nSPS) is 27.8. The molecule has 2 rings (SSSR count). The van der Waals surface area contributed by atoms with Crippen LogP contribution < -0.4 is 5.32 Å². The van der Waals surface area contributed by atoms with Crippen LogP contribution in [0.25, 0.3) is 0 Å². The van der Waals surface area contributed by atoms with Gasteiger partial charge in [-0.2, -0.15) is 0 Å². The second-order valence-corrected chi connectivity index (χ2v) is 5.91. The van der Waals surface area contributed by atoms with Crippen LogP contribution in [0.15, 0.2) is 0 Å². The summed E-state index contributed by atoms with van der Waals surface area (Å²) in [5.74, 6) is 1.95. The third kappa shape index (κ3) is 4.06. The van der Waals surface area contributed by atoms with Crippen molar-refractivity contribution in [2.75, 3.05) is 33.2 Å². The zero-order valence-corrected chi connectivity index (χ0v) is 10.9. The van der Waals surface area contributed by atoms with Gasteiger partial charge in [-0.3, -0.25) is 0 Å². The molecular weight excluding hydrogens is 196 g/mol. The smallest absolute Gasteiger partial charge is 0.00192 e. The van der Waals surface area contributed by atoms with Gasteiger partial charge in [0.1, 0.15) is 0 Å². The van der Waals surface area contributed by atoms with Crippen molar-refractivity contribution in [1.82, 2.24) is 10.2 Å². The van der Waals surface area contributed by atoms with E-state index < -0.39 is 0 Å². The number of hydrogen-bond acceptors (Lipinski definition) is 2. The van der Waals surface area contributed by atoms with Crippen molar-refractivity contribution in [3.8, 4) is 0 Å². The molecule has 1 N–H and O–H groups in total. The first kappa shape index (κ1) is 12.4. The second kappa shape index (κ2) is 6.61. The van der Waals surface area contributed by atoms with Crippen molar-refractivity contribution >= 4 is 0 Å². The van der Waals surface area contributed by atoms with Crippen molar-refractivity contribution in [3.05, 3.63) is 0 Å². The van der Waals surface area contributed by atoms with Crippen LogP contribution in [0.3, 0.4) is 0 Å². The van der Waals surface area contributed by atoms with Crippen LogP contribution in [-0.2, 0) is 0 Å². The van der Waals surface area contributed by atoms with Crippen LogP contribution in [-0.4, -0.2) is 38.1 Å². The van der Waals surface area contributed by atoms with Crippen molar-refractivity contribution in [2.24, 2.45) is 11.8 Å². The highest BCUT2D eigenvalue weighted by Crippen LogP contribution is 2.26. The van der Waals surface area contributed by atoms with Gasteiger partial charge in [-0.25, -0.2) is 0 Å². The van der Waals surface area contributed by atoms with Crippen LogP contribution in [0.1, 0.15) is 44.9 Å². The van der Waals surface area contributed by atoms with E-state index in [4.69, 9.17) is 0 Å². The van der Waals surface area contributed by atoms with E-state index in [0.29, 0.717) is 0 Å². The third-order valence-corrected chi connectivity index (χ3v) is 4.38. The van der Waals surface area contributed by atoms with Gasteiger partial charge in [0.2, 0.25) is 0 Å². The number of nitrogens with zero attached hydrogens (tertiary/aromatic N) is 1. The van der Waals surface area contributed by atoms with Crippen molar-refractivity contribution in [1.29, 1.82) is 0 Å². The van der Waals surface area contributed by atoms with Crippen LogP contribution in [0, 0.1) is 11.8 Å². The minimum atomic E-state index is 0.913. The lowest BCUT2D eigenvalue weighted by molar-refractivity contribution is 0.242. The van der Waals surface area contributed by atoms with E-state index in [2.05, 4.69) is 17.3 Å². The Morgan fingerprint density at radius 1 is 1.06 bits per heavy atom. The molecule has 94 valence electrons. The van der Waals surface area contributed by atoms with E-state index >= 15 is 0 Å². The summed E-state index contributed by atoms with van der Waals surface area (Å²) in [6.45, 7) is 5.11. The predicted molar refractivity (Wildman–Crippen MR) is 69.7 cm³/mol.